The molecule has 0 radical (unpaired) electrons. The maximum atomic E-state index is 13.5. The summed E-state index contributed by atoms with van der Waals surface area (Å²) in [5.41, 5.74) is 0.882. The van der Waals surface area contributed by atoms with E-state index in [4.69, 9.17) is 9.15 Å². The van der Waals surface area contributed by atoms with E-state index in [0.717, 1.165) is 0 Å². The summed E-state index contributed by atoms with van der Waals surface area (Å²) in [4.78, 5) is 34.1. The summed E-state index contributed by atoms with van der Waals surface area (Å²) in [6.45, 7) is 0.882. The summed E-state index contributed by atoms with van der Waals surface area (Å²) in [7, 11) is 5.29. The predicted molar refractivity (Wildman–Crippen MR) is 114 cm³/mol. The molecule has 8 nitrogen and oxygen atoms in total. The standard InChI is InChI=1S/C23H23N3O5/c1-25(2)11-12-26-19(15-8-4-5-10-24-15)18(21(28)23(26)29)20(27)17-13-14-7-6-9-16(30-3)22(14)31-17/h4-10,13,19,28H,11-12H2,1-3H3. The number of carbonyl (C=O) groups is 2. The molecule has 1 aromatic carbocycles. The van der Waals surface area contributed by atoms with E-state index < -0.39 is 23.5 Å². The molecule has 0 bridgehead atoms. The average Bonchev–Trinajstić information content (AvgIpc) is 3.32. The van der Waals surface area contributed by atoms with Gasteiger partial charge in [0.25, 0.3) is 5.91 Å². The zero-order valence-electron chi connectivity index (χ0n) is 17.5. The summed E-state index contributed by atoms with van der Waals surface area (Å²) in [6, 6.07) is 11.4. The number of methoxy groups -OCH3 is 1. The Morgan fingerprint density at radius 1 is 1.26 bits per heavy atom. The highest BCUT2D eigenvalue weighted by molar-refractivity contribution is 6.16. The van der Waals surface area contributed by atoms with Gasteiger partial charge in [0.1, 0.15) is 6.04 Å². The number of para-hydroxylation sites is 1. The molecular formula is C23H23N3O5. The number of likely N-dealkylation sites (N-methyl/N-ethyl adjacent to an activating group) is 1. The zero-order valence-corrected chi connectivity index (χ0v) is 17.5. The van der Waals surface area contributed by atoms with E-state index in [-0.39, 0.29) is 11.3 Å². The van der Waals surface area contributed by atoms with Gasteiger partial charge in [-0.2, -0.15) is 0 Å². The van der Waals surface area contributed by atoms with Crippen LogP contribution in [0, 0.1) is 0 Å². The molecule has 0 saturated carbocycles. The predicted octanol–water partition coefficient (Wildman–Crippen LogP) is 2.98. The third-order valence-corrected chi connectivity index (χ3v) is 5.26. The van der Waals surface area contributed by atoms with Crippen LogP contribution in [0.15, 0.2) is 64.4 Å². The number of amides is 1. The topological polar surface area (TPSA) is 96.1 Å². The van der Waals surface area contributed by atoms with Gasteiger partial charge in [0.2, 0.25) is 5.78 Å². The van der Waals surface area contributed by atoms with Gasteiger partial charge in [0, 0.05) is 24.7 Å². The molecule has 0 saturated heterocycles. The number of benzene rings is 1. The van der Waals surface area contributed by atoms with Crippen molar-refractivity contribution in [2.75, 3.05) is 34.3 Å². The molecule has 1 amide bonds. The minimum Gasteiger partial charge on any atom is -0.503 e. The number of rotatable bonds is 7. The fourth-order valence-corrected chi connectivity index (χ4v) is 3.71. The Labute approximate surface area is 179 Å². The maximum absolute atomic E-state index is 13.5. The van der Waals surface area contributed by atoms with Crippen LogP contribution in [0.5, 0.6) is 5.75 Å². The Kier molecular flexibility index (Phi) is 5.48. The molecule has 3 heterocycles. The zero-order chi connectivity index (χ0) is 22.1. The number of ketones is 1. The number of aromatic nitrogens is 1. The lowest BCUT2D eigenvalue weighted by atomic mass is 9.98. The van der Waals surface area contributed by atoms with Crippen molar-refractivity contribution in [2.24, 2.45) is 0 Å². The lowest BCUT2D eigenvalue weighted by Crippen LogP contribution is -2.36. The van der Waals surface area contributed by atoms with Gasteiger partial charge in [0.15, 0.2) is 22.9 Å². The molecule has 0 aliphatic carbocycles. The van der Waals surface area contributed by atoms with Crippen LogP contribution in [0.4, 0.5) is 0 Å². The summed E-state index contributed by atoms with van der Waals surface area (Å²) >= 11 is 0. The molecule has 0 fully saturated rings. The van der Waals surface area contributed by atoms with Crippen molar-refractivity contribution in [1.29, 1.82) is 0 Å². The second-order valence-electron chi connectivity index (χ2n) is 7.54. The molecule has 1 aliphatic rings. The van der Waals surface area contributed by atoms with Gasteiger partial charge < -0.3 is 24.1 Å². The fourth-order valence-electron chi connectivity index (χ4n) is 3.71. The highest BCUT2D eigenvalue weighted by Crippen LogP contribution is 2.39. The van der Waals surface area contributed by atoms with Gasteiger partial charge in [-0.25, -0.2) is 0 Å². The van der Waals surface area contributed by atoms with E-state index in [1.807, 2.05) is 19.0 Å². The average molecular weight is 421 g/mol. The molecule has 8 heteroatoms. The van der Waals surface area contributed by atoms with E-state index in [1.54, 1.807) is 48.7 Å². The van der Waals surface area contributed by atoms with Crippen molar-refractivity contribution in [1.82, 2.24) is 14.8 Å². The molecule has 1 aliphatic heterocycles. The number of hydrogen-bond donors (Lipinski definition) is 1. The Morgan fingerprint density at radius 2 is 2.06 bits per heavy atom. The second kappa shape index (κ2) is 8.23. The fraction of sp³-hybridized carbons (Fsp3) is 0.261. The quantitative estimate of drug-likeness (QED) is 0.586. The first-order valence-corrected chi connectivity index (χ1v) is 9.83. The number of furan rings is 1. The molecular weight excluding hydrogens is 398 g/mol. The van der Waals surface area contributed by atoms with Crippen molar-refractivity contribution in [3.63, 3.8) is 0 Å². The molecule has 3 aromatic rings. The monoisotopic (exact) mass is 421 g/mol. The Balaban J connectivity index is 1.79. The number of hydrogen-bond acceptors (Lipinski definition) is 7. The Bertz CT molecular complexity index is 1170. The van der Waals surface area contributed by atoms with E-state index in [9.17, 15) is 14.7 Å². The lowest BCUT2D eigenvalue weighted by Gasteiger charge is -2.27. The van der Waals surface area contributed by atoms with Gasteiger partial charge in [0.05, 0.1) is 18.4 Å². The second-order valence-corrected chi connectivity index (χ2v) is 7.54. The molecule has 1 N–H and O–H groups in total. The lowest BCUT2D eigenvalue weighted by molar-refractivity contribution is -0.129. The number of ether oxygens (including phenoxy) is 1. The number of aliphatic hydroxyl groups is 1. The van der Waals surface area contributed by atoms with Crippen molar-refractivity contribution >= 4 is 22.7 Å². The van der Waals surface area contributed by atoms with Crippen molar-refractivity contribution < 1.29 is 23.8 Å². The summed E-state index contributed by atoms with van der Waals surface area (Å²) in [5, 5.41) is 11.4. The number of aliphatic hydroxyl groups excluding tert-OH is 1. The van der Waals surface area contributed by atoms with Crippen LogP contribution in [0.1, 0.15) is 22.3 Å². The summed E-state index contributed by atoms with van der Waals surface area (Å²) in [6.07, 6.45) is 1.59. The number of Topliss-reactive ketones (excluding diaryl/α,β-unsaturated/α-hetero) is 1. The normalized spacial score (nSPS) is 16.6. The summed E-state index contributed by atoms with van der Waals surface area (Å²) in [5.74, 6) is -1.23. The van der Waals surface area contributed by atoms with E-state index in [0.29, 0.717) is 35.5 Å². The number of fused-ring (bicyclic) bond motifs is 1. The first-order chi connectivity index (χ1) is 14.9. The van der Waals surface area contributed by atoms with Crippen LogP contribution >= 0.6 is 0 Å². The Hall–Kier alpha value is -3.65. The minimum atomic E-state index is -0.809. The first-order valence-electron chi connectivity index (χ1n) is 9.83. The number of carbonyl (C=O) groups excluding carboxylic acids is 2. The van der Waals surface area contributed by atoms with E-state index >= 15 is 0 Å². The van der Waals surface area contributed by atoms with Gasteiger partial charge in [-0.05, 0) is 38.4 Å². The van der Waals surface area contributed by atoms with Crippen LogP contribution in [0.3, 0.4) is 0 Å². The molecule has 31 heavy (non-hydrogen) atoms. The van der Waals surface area contributed by atoms with Crippen molar-refractivity contribution in [3.05, 3.63) is 71.4 Å². The van der Waals surface area contributed by atoms with Gasteiger partial charge >= 0.3 is 0 Å². The van der Waals surface area contributed by atoms with Gasteiger partial charge in [-0.3, -0.25) is 14.6 Å². The van der Waals surface area contributed by atoms with Gasteiger partial charge in [-0.1, -0.05) is 18.2 Å². The Morgan fingerprint density at radius 3 is 2.74 bits per heavy atom. The number of pyridine rings is 1. The largest absolute Gasteiger partial charge is 0.503 e. The van der Waals surface area contributed by atoms with Crippen LogP contribution in [-0.2, 0) is 4.79 Å². The minimum absolute atomic E-state index is 0.0178. The van der Waals surface area contributed by atoms with Crippen LogP contribution in [0.2, 0.25) is 0 Å². The highest BCUT2D eigenvalue weighted by Gasteiger charge is 2.45. The van der Waals surface area contributed by atoms with Crippen molar-refractivity contribution in [2.45, 2.75) is 6.04 Å². The number of nitrogens with zero attached hydrogens (tertiary/aromatic N) is 3. The van der Waals surface area contributed by atoms with Gasteiger partial charge in [-0.15, -0.1) is 0 Å². The molecule has 0 spiro atoms. The molecule has 1 unspecified atom stereocenters. The van der Waals surface area contributed by atoms with E-state index in [2.05, 4.69) is 4.98 Å². The SMILES string of the molecule is COc1cccc2cc(C(=O)C3=C(O)C(=O)N(CCN(C)C)C3c3ccccn3)oc12. The summed E-state index contributed by atoms with van der Waals surface area (Å²) < 4.78 is 11.1. The van der Waals surface area contributed by atoms with Crippen molar-refractivity contribution in [3.8, 4) is 5.75 Å². The molecule has 1 atom stereocenters. The maximum Gasteiger partial charge on any atom is 0.290 e. The third kappa shape index (κ3) is 3.66. The van der Waals surface area contributed by atoms with Crippen LogP contribution in [-0.4, -0.2) is 65.9 Å². The molecule has 4 rings (SSSR count). The highest BCUT2D eigenvalue weighted by atomic mass is 16.5. The van der Waals surface area contributed by atoms with Crippen LogP contribution in [0.25, 0.3) is 11.0 Å². The molecule has 160 valence electrons. The molecule has 2 aromatic heterocycles. The smallest absolute Gasteiger partial charge is 0.290 e. The first kappa shape index (κ1) is 20.6. The van der Waals surface area contributed by atoms with Crippen LogP contribution < -0.4 is 4.74 Å². The van der Waals surface area contributed by atoms with E-state index in [1.165, 1.54) is 12.0 Å². The third-order valence-electron chi connectivity index (χ3n) is 5.26.